The van der Waals surface area contributed by atoms with Crippen LogP contribution in [0.3, 0.4) is 0 Å². The van der Waals surface area contributed by atoms with Crippen LogP contribution >= 0.6 is 45.3 Å². The number of hydroxylamine groups is 1. The number of aliphatic hydroxyl groups excluding tert-OH is 2. The second-order valence-electron chi connectivity index (χ2n) is 35.9. The number of aliphatic hydroxyl groups is 2. The van der Waals surface area contributed by atoms with Crippen molar-refractivity contribution >= 4 is 110 Å². The van der Waals surface area contributed by atoms with Gasteiger partial charge in [0.25, 0.3) is 17.7 Å². The van der Waals surface area contributed by atoms with Crippen LogP contribution in [0, 0.1) is 45.7 Å². The quantitative estimate of drug-likeness (QED) is 0.00732. The first-order valence-corrected chi connectivity index (χ1v) is 47.3. The number of amides is 9. The van der Waals surface area contributed by atoms with E-state index in [2.05, 4.69) is 52.7 Å². The van der Waals surface area contributed by atoms with E-state index < -0.39 is 135 Å². The second kappa shape index (κ2) is 48.2. The highest BCUT2D eigenvalue weighted by molar-refractivity contribution is 14.1. The molecule has 2 aromatic heterocycles. The van der Waals surface area contributed by atoms with E-state index in [0.29, 0.717) is 34.2 Å². The molecule has 10 rings (SSSR count). The van der Waals surface area contributed by atoms with E-state index in [1.165, 1.54) is 70.3 Å². The van der Waals surface area contributed by atoms with Crippen LogP contribution in [0.15, 0.2) is 89.9 Å². The Morgan fingerprint density at radius 1 is 0.540 bits per heavy atom. The zero-order valence-electron chi connectivity index (χ0n) is 73.7. The van der Waals surface area contributed by atoms with E-state index in [9.17, 15) is 75.3 Å². The van der Waals surface area contributed by atoms with Gasteiger partial charge in [0.1, 0.15) is 30.0 Å². The summed E-state index contributed by atoms with van der Waals surface area (Å²) >= 11 is 4.97. The average Bonchev–Trinajstić information content (AvgIpc) is 1.62. The fraction of sp³-hybridized carbons (Fsp3) is 0.581. The molecule has 4 heterocycles. The highest BCUT2D eigenvalue weighted by Crippen LogP contribution is 2.43. The van der Waals surface area contributed by atoms with Gasteiger partial charge >= 0.3 is 0 Å². The largest absolute Gasteiger partial charge is 0.391 e. The lowest BCUT2D eigenvalue weighted by Crippen LogP contribution is -2.59. The van der Waals surface area contributed by atoms with E-state index in [0.717, 1.165) is 147 Å². The normalized spacial score (nSPS) is 17.8. The van der Waals surface area contributed by atoms with Gasteiger partial charge in [0, 0.05) is 42.6 Å². The van der Waals surface area contributed by atoms with Crippen LogP contribution in [-0.2, 0) is 43.2 Å². The molecule has 4 fully saturated rings. The Morgan fingerprint density at radius 3 is 1.31 bits per heavy atom. The first-order chi connectivity index (χ1) is 60.0. The number of benzene rings is 4. The van der Waals surface area contributed by atoms with Crippen molar-refractivity contribution in [3.8, 4) is 20.9 Å². The topological polar surface area (TPSA) is 358 Å². The van der Waals surface area contributed by atoms with E-state index in [-0.39, 0.29) is 94.1 Å². The maximum absolute atomic E-state index is 14.7. The molecule has 2 saturated carbocycles. The number of nitrogens with two attached hydrogens (primary N) is 1. The number of hydrogen-bond acceptors (Lipinski definition) is 18. The summed E-state index contributed by atoms with van der Waals surface area (Å²) in [6, 6.07) is 15.4. The van der Waals surface area contributed by atoms with Crippen molar-refractivity contribution < 1.29 is 80.2 Å². The highest BCUT2D eigenvalue weighted by Gasteiger charge is 2.55. The number of rotatable bonds is 47. The molecular weight excluding hydrogens is 1780 g/mol. The third kappa shape index (κ3) is 30.3. The Morgan fingerprint density at radius 2 is 0.937 bits per heavy atom. The number of thiazole rings is 2. The van der Waals surface area contributed by atoms with Gasteiger partial charge in [-0.2, -0.15) is 0 Å². The van der Waals surface area contributed by atoms with Crippen LogP contribution in [0.2, 0.25) is 0 Å². The predicted molar refractivity (Wildman–Crippen MR) is 486 cm³/mol. The molecule has 25 nitrogen and oxygen atoms in total. The molecule has 0 unspecified atom stereocenters. The molecule has 12 N–H and O–H groups in total. The van der Waals surface area contributed by atoms with E-state index in [1.54, 1.807) is 58.6 Å². The molecule has 2 saturated heterocycles. The lowest BCUT2D eigenvalue weighted by Gasteiger charge is -2.36. The summed E-state index contributed by atoms with van der Waals surface area (Å²) in [6.07, 6.45) is 19.0. The van der Waals surface area contributed by atoms with Crippen LogP contribution in [0.1, 0.15) is 266 Å². The van der Waals surface area contributed by atoms with Gasteiger partial charge in [0.05, 0.1) is 92.8 Å². The van der Waals surface area contributed by atoms with Crippen molar-refractivity contribution in [1.82, 2.24) is 57.1 Å². The second-order valence-corrected chi connectivity index (χ2v) is 38.9. The van der Waals surface area contributed by atoms with Crippen LogP contribution in [-0.4, -0.2) is 170 Å². The van der Waals surface area contributed by atoms with E-state index in [4.69, 9.17) is 10.6 Å². The average molecular weight is 1910 g/mol. The van der Waals surface area contributed by atoms with Crippen molar-refractivity contribution in [3.05, 3.63) is 139 Å². The smallest absolute Gasteiger partial charge is 0.277 e. The molecule has 33 heteroatoms. The van der Waals surface area contributed by atoms with Crippen molar-refractivity contribution in [2.75, 3.05) is 44.6 Å². The molecule has 126 heavy (non-hydrogen) atoms. The molecular formula is C93H127F5IN13O12S2. The fourth-order valence-electron chi connectivity index (χ4n) is 15.5. The number of halogens is 6. The molecule has 0 bridgehead atoms. The molecule has 2 aliphatic carbocycles. The molecule has 9 amide bonds. The van der Waals surface area contributed by atoms with Gasteiger partial charge in [0.2, 0.25) is 35.4 Å². The van der Waals surface area contributed by atoms with Crippen LogP contribution < -0.4 is 48.4 Å². The zero-order valence-corrected chi connectivity index (χ0v) is 77.5. The third-order valence-electron chi connectivity index (χ3n) is 23.4. The van der Waals surface area contributed by atoms with Crippen molar-refractivity contribution in [2.24, 2.45) is 16.6 Å². The molecule has 8 atom stereocenters. The minimum Gasteiger partial charge on any atom is -0.391 e. The van der Waals surface area contributed by atoms with Crippen LogP contribution in [0.4, 0.5) is 33.3 Å². The highest BCUT2D eigenvalue weighted by atomic mass is 127. The number of hydrogen-bond donors (Lipinski definition) is 11. The molecule has 0 spiro atoms. The lowest BCUT2D eigenvalue weighted by molar-refractivity contribution is -0.145. The SMILES string of the molecule is Cc1ncsc1-c1ccc([C@H](CC(=O)NCCCCCCCCCCCCCCONC(=O)c2ccc(F)c(F)c2Nc2ccc(I)cc2F)NC(=O)[C@@H]2C[C@@H](O)CN2C(=O)[C@@H](NC(=O)C2(F)CC2)C(C)(C)C)cc1.Cc1ncsc1-c1ccc([C@H](CC(=O)NCCCCCCCCCCN)NC(=O)[C@@H]2C[C@@H](O)CN2C(=O)[C@@H](NC(=O)C2(F)CC2)C(C)(C)C)cc1. The molecule has 2 aliphatic heterocycles. The van der Waals surface area contributed by atoms with Crippen molar-refractivity contribution in [2.45, 2.75) is 295 Å². The monoisotopic (exact) mass is 1900 g/mol. The van der Waals surface area contributed by atoms with Gasteiger partial charge in [-0.05, 0) is 158 Å². The Hall–Kier alpha value is -8.61. The van der Waals surface area contributed by atoms with Crippen LogP contribution in [0.25, 0.3) is 20.9 Å². The standard InChI is InChI=1S/C55H70F4IN7O7S.C38H57FN6O5S/c1-34-48(75-33-62-34)36-19-17-35(18-20-36)43(64-51(71)44-30-38(68)32-67(44)52(72)49(54(2,3)4)65-53(73)55(59)25-26-55)31-45(69)61-27-15-13-11-9-7-5-6-8-10-12-14-16-28-74-66-50(70)39-22-23-40(56)46(58)47(39)63-42-24-21-37(60)29-41(42)57;1-25-32(51-24-42-25)27-15-13-26(14-16-27)29(22-31(47)41-20-12-10-8-6-5-7-9-11-19-40)43-34(48)30-21-28(46)23-45(30)35(49)33(37(2,3)4)44-36(50)38(39)17-18-38/h17-24,29,33,38,43-44,49,63,68H,5-16,25-28,30-32H2,1-4H3,(H,61,69)(H,64,71)(H,65,73)(H,66,70);13-16,24,28-30,33,46H,5-12,17-23,40H2,1-4H3,(H,41,47)(H,43,48)(H,44,50)/t38-,43+,44+,49-;28-,29+,30+,33-/m11/s1. The molecule has 6 aromatic rings. The molecule has 4 aromatic carbocycles. The number of alkyl halides is 2. The number of carbonyl (C=O) groups is 9. The van der Waals surface area contributed by atoms with Gasteiger partial charge in [-0.1, -0.05) is 193 Å². The summed E-state index contributed by atoms with van der Waals surface area (Å²) < 4.78 is 73.1. The van der Waals surface area contributed by atoms with Gasteiger partial charge in [-0.3, -0.25) is 48.0 Å². The fourth-order valence-corrected chi connectivity index (χ4v) is 17.6. The Labute approximate surface area is 758 Å². The number of aryl methyl sites for hydroxylation is 2. The molecule has 690 valence electrons. The predicted octanol–water partition coefficient (Wildman–Crippen LogP) is 15.4. The minimum absolute atomic E-state index is 0.00897. The van der Waals surface area contributed by atoms with Crippen molar-refractivity contribution in [1.29, 1.82) is 0 Å². The number of nitrogens with zero attached hydrogens (tertiary/aromatic N) is 4. The maximum Gasteiger partial charge on any atom is 0.277 e. The zero-order chi connectivity index (χ0) is 91.5. The third-order valence-corrected chi connectivity index (χ3v) is 26.0. The number of anilines is 2. The van der Waals surface area contributed by atoms with Crippen molar-refractivity contribution in [3.63, 3.8) is 0 Å². The number of aromatic nitrogens is 2. The number of nitrogens with one attached hydrogen (secondary N) is 8. The van der Waals surface area contributed by atoms with Gasteiger partial charge < -0.3 is 63.0 Å². The Bertz CT molecular complexity index is 4620. The summed E-state index contributed by atoms with van der Waals surface area (Å²) in [5.74, 6) is -8.35. The molecule has 4 aliphatic rings. The number of carbonyl (C=O) groups excluding carboxylic acids is 9. The first-order valence-electron chi connectivity index (χ1n) is 44.4. The summed E-state index contributed by atoms with van der Waals surface area (Å²) in [6.45, 7) is 16.1. The minimum atomic E-state index is -2.01. The summed E-state index contributed by atoms with van der Waals surface area (Å²) in [5, 5.41) is 41.1. The van der Waals surface area contributed by atoms with Crippen LogP contribution in [0.5, 0.6) is 0 Å². The maximum atomic E-state index is 14.7. The van der Waals surface area contributed by atoms with E-state index >= 15 is 0 Å². The number of likely N-dealkylation sites (tertiary alicyclic amines) is 2. The van der Waals surface area contributed by atoms with Gasteiger partial charge in [0.15, 0.2) is 23.0 Å². The molecule has 0 radical (unpaired) electrons. The Kier molecular flexibility index (Phi) is 38.7. The Balaban J connectivity index is 0.000000307. The lowest BCUT2D eigenvalue weighted by atomic mass is 9.85. The summed E-state index contributed by atoms with van der Waals surface area (Å²) in [4.78, 5) is 140. The van der Waals surface area contributed by atoms with E-state index in [1.807, 2.05) is 85.0 Å². The number of β-amino-alcohol motifs (C(OH)–C–C–N with tert-alkyl or cyclic N) is 2. The van der Waals surface area contributed by atoms with Gasteiger partial charge in [-0.15, -0.1) is 22.7 Å². The number of unbranched alkanes of at least 4 members (excludes halogenated alkanes) is 18. The summed E-state index contributed by atoms with van der Waals surface area (Å²) in [5.41, 5.74) is 10.1. The summed E-state index contributed by atoms with van der Waals surface area (Å²) in [7, 11) is 0. The van der Waals surface area contributed by atoms with Gasteiger partial charge in [-0.25, -0.2) is 37.4 Å². The first kappa shape index (κ1) is 101.